The molecule has 3 atom stereocenters. The molecule has 0 spiro atoms. The molecule has 1 aliphatic rings. The molecular weight excluding hydrogens is 461 g/mol. The Morgan fingerprint density at radius 2 is 2.03 bits per heavy atom. The normalized spacial score (nSPS) is 17.3. The Bertz CT molecular complexity index is 1210. The number of rotatable bonds is 8. The molecule has 1 aromatic heterocycles. The lowest BCUT2D eigenvalue weighted by atomic mass is 9.97. The smallest absolute Gasteiger partial charge is 0.261 e. The van der Waals surface area contributed by atoms with Gasteiger partial charge in [0.1, 0.15) is 16.8 Å². The number of hydrogen-bond acceptors (Lipinski definition) is 5. The Labute approximate surface area is 208 Å². The number of nitrogens with zero attached hydrogens (tertiary/aromatic N) is 2. The van der Waals surface area contributed by atoms with Crippen molar-refractivity contribution in [3.63, 3.8) is 0 Å². The van der Waals surface area contributed by atoms with Crippen LogP contribution in [-0.4, -0.2) is 38.8 Å². The third-order valence-corrected chi connectivity index (χ3v) is 5.83. The number of hydrogen-bond donors (Lipinski definition) is 2. The number of carbonyl (C=O) groups is 1. The number of aryl methyl sites for hydroxylation is 1. The molecule has 2 N–H and O–H groups in total. The van der Waals surface area contributed by atoms with Gasteiger partial charge in [0, 0.05) is 42.4 Å². The van der Waals surface area contributed by atoms with Crippen molar-refractivity contribution >= 4 is 20.8 Å². The summed E-state index contributed by atoms with van der Waals surface area (Å²) >= 11 is 0. The third-order valence-electron chi connectivity index (χ3n) is 5.71. The molecule has 1 unspecified atom stereocenters. The van der Waals surface area contributed by atoms with E-state index in [1.807, 2.05) is 63.4 Å². The van der Waals surface area contributed by atoms with Gasteiger partial charge in [0.05, 0.1) is 12.3 Å². The van der Waals surface area contributed by atoms with E-state index in [4.69, 9.17) is 9.47 Å². The van der Waals surface area contributed by atoms with Crippen LogP contribution in [0.15, 0.2) is 61.4 Å². The maximum Gasteiger partial charge on any atom is 0.261 e. The Balaban J connectivity index is 1.29. The maximum atomic E-state index is 12.6. The Kier molecular flexibility index (Phi) is 7.29. The van der Waals surface area contributed by atoms with Crippen molar-refractivity contribution in [2.24, 2.45) is 0 Å². The lowest BCUT2D eigenvalue weighted by molar-refractivity contribution is -0.130. The summed E-state index contributed by atoms with van der Waals surface area (Å²) in [5.41, 5.74) is 4.51. The summed E-state index contributed by atoms with van der Waals surface area (Å²) < 4.78 is 13.4. The van der Waals surface area contributed by atoms with Crippen LogP contribution >= 0.6 is 9.24 Å². The zero-order valence-electron chi connectivity index (χ0n) is 20.3. The summed E-state index contributed by atoms with van der Waals surface area (Å²) in [6.45, 7) is 10.4. The Hall–Kier alpha value is -3.15. The minimum atomic E-state index is -0.728. The van der Waals surface area contributed by atoms with Crippen molar-refractivity contribution < 1.29 is 19.4 Å². The van der Waals surface area contributed by atoms with Gasteiger partial charge in [0.25, 0.3) is 5.91 Å². The highest BCUT2D eigenvalue weighted by Gasteiger charge is 2.31. The standard InChI is InChI=1S/C27H32N3O4P/c1-17-5-10-24-22(13-17)23(31)14-25(33-24)26(32)28-12-11-18(2)30-16-20(15-29-30)19-6-8-21(9-7-19)34-27(3,4)35/h5-10,13,15-16,23,25,31H,2,11-12,14,35H2,1,3-4H3,(H,28,32)/t23-,25-/m1/s1. The van der Waals surface area contributed by atoms with Crippen molar-refractivity contribution in [2.45, 2.75) is 51.2 Å². The first kappa shape index (κ1) is 25.0. The van der Waals surface area contributed by atoms with Gasteiger partial charge in [-0.1, -0.05) is 39.6 Å². The lowest BCUT2D eigenvalue weighted by Crippen LogP contribution is -2.41. The second-order valence-corrected chi connectivity index (χ2v) is 10.8. The molecule has 2 heterocycles. The number of fused-ring (bicyclic) bond motifs is 1. The summed E-state index contributed by atoms with van der Waals surface area (Å²) in [5, 5.41) is 17.4. The van der Waals surface area contributed by atoms with E-state index in [-0.39, 0.29) is 17.7 Å². The highest BCUT2D eigenvalue weighted by molar-refractivity contribution is 7.18. The monoisotopic (exact) mass is 493 g/mol. The van der Waals surface area contributed by atoms with Gasteiger partial charge < -0.3 is 19.9 Å². The summed E-state index contributed by atoms with van der Waals surface area (Å²) in [5.74, 6) is 1.11. The summed E-state index contributed by atoms with van der Waals surface area (Å²) in [6.07, 6.45) is 3.00. The molecule has 1 aliphatic heterocycles. The molecule has 1 amide bonds. The first-order chi connectivity index (χ1) is 16.6. The fourth-order valence-corrected chi connectivity index (χ4v) is 4.09. The van der Waals surface area contributed by atoms with Crippen LogP contribution in [-0.2, 0) is 4.79 Å². The van der Waals surface area contributed by atoms with Crippen molar-refractivity contribution in [1.29, 1.82) is 0 Å². The van der Waals surface area contributed by atoms with Gasteiger partial charge >= 0.3 is 0 Å². The minimum Gasteiger partial charge on any atom is -0.484 e. The molecule has 35 heavy (non-hydrogen) atoms. The SMILES string of the molecule is C=C(CCNC(=O)[C@H]1C[C@@H](O)c2cc(C)ccc2O1)n1cc(-c2ccc(OC(C)(C)P)cc2)cn1. The summed E-state index contributed by atoms with van der Waals surface area (Å²) in [4.78, 5) is 12.6. The fourth-order valence-electron chi connectivity index (χ4n) is 3.95. The van der Waals surface area contributed by atoms with Crippen molar-refractivity contribution in [2.75, 3.05) is 6.54 Å². The lowest BCUT2D eigenvalue weighted by Gasteiger charge is -2.29. The molecule has 0 fully saturated rings. The van der Waals surface area contributed by atoms with E-state index in [1.165, 1.54) is 0 Å². The molecule has 0 aliphatic carbocycles. The highest BCUT2D eigenvalue weighted by Crippen LogP contribution is 2.35. The topological polar surface area (TPSA) is 85.6 Å². The van der Waals surface area contributed by atoms with E-state index in [0.717, 1.165) is 33.7 Å². The predicted molar refractivity (Wildman–Crippen MR) is 140 cm³/mol. The van der Waals surface area contributed by atoms with Crippen LogP contribution in [0.4, 0.5) is 0 Å². The van der Waals surface area contributed by atoms with Crippen LogP contribution in [0.3, 0.4) is 0 Å². The van der Waals surface area contributed by atoms with Gasteiger partial charge in [-0.05, 0) is 50.6 Å². The average Bonchev–Trinajstić information content (AvgIpc) is 3.29. The van der Waals surface area contributed by atoms with Gasteiger partial charge in [-0.25, -0.2) is 4.68 Å². The molecule has 0 radical (unpaired) electrons. The van der Waals surface area contributed by atoms with Gasteiger partial charge in [-0.3, -0.25) is 4.79 Å². The first-order valence-corrected chi connectivity index (χ1v) is 12.2. The number of carbonyl (C=O) groups excluding carboxylic acids is 1. The number of aliphatic hydroxyl groups is 1. The molecule has 2 aromatic carbocycles. The molecule has 4 rings (SSSR count). The van der Waals surface area contributed by atoms with Crippen LogP contribution < -0.4 is 14.8 Å². The largest absolute Gasteiger partial charge is 0.484 e. The quantitative estimate of drug-likeness (QED) is 0.444. The van der Waals surface area contributed by atoms with Crippen molar-refractivity contribution in [1.82, 2.24) is 15.1 Å². The molecule has 3 aromatic rings. The van der Waals surface area contributed by atoms with Gasteiger partial charge in [-0.15, -0.1) is 0 Å². The summed E-state index contributed by atoms with van der Waals surface area (Å²) in [6, 6.07) is 13.5. The molecular formula is C27H32N3O4P. The van der Waals surface area contributed by atoms with Crippen LogP contribution in [0.1, 0.15) is 43.9 Å². The number of aliphatic hydroxyl groups excluding tert-OH is 1. The van der Waals surface area contributed by atoms with Gasteiger partial charge in [0.2, 0.25) is 0 Å². The molecule has 0 saturated carbocycles. The minimum absolute atomic E-state index is 0.226. The first-order valence-electron chi connectivity index (χ1n) is 11.6. The van der Waals surface area contributed by atoms with Gasteiger partial charge in [0.15, 0.2) is 6.10 Å². The maximum absolute atomic E-state index is 12.6. The van der Waals surface area contributed by atoms with E-state index < -0.39 is 12.2 Å². The van der Waals surface area contributed by atoms with Crippen LogP contribution in [0.2, 0.25) is 0 Å². The van der Waals surface area contributed by atoms with E-state index in [0.29, 0.717) is 18.7 Å². The van der Waals surface area contributed by atoms with Crippen LogP contribution in [0.25, 0.3) is 16.8 Å². The second kappa shape index (κ2) is 10.2. The molecule has 0 saturated heterocycles. The van der Waals surface area contributed by atoms with E-state index in [9.17, 15) is 9.90 Å². The summed E-state index contributed by atoms with van der Waals surface area (Å²) in [7, 11) is 2.66. The number of ether oxygens (including phenoxy) is 2. The molecule has 7 nitrogen and oxygen atoms in total. The molecule has 8 heteroatoms. The van der Waals surface area contributed by atoms with E-state index >= 15 is 0 Å². The van der Waals surface area contributed by atoms with Crippen LogP contribution in [0, 0.1) is 6.92 Å². The number of nitrogens with one attached hydrogen (secondary N) is 1. The zero-order valence-corrected chi connectivity index (χ0v) is 21.5. The van der Waals surface area contributed by atoms with E-state index in [1.54, 1.807) is 16.9 Å². The van der Waals surface area contributed by atoms with Gasteiger partial charge in [-0.2, -0.15) is 5.10 Å². The Morgan fingerprint density at radius 3 is 2.74 bits per heavy atom. The number of benzene rings is 2. The molecule has 184 valence electrons. The number of aromatic nitrogens is 2. The van der Waals surface area contributed by atoms with Crippen molar-refractivity contribution in [3.8, 4) is 22.6 Å². The molecule has 0 bridgehead atoms. The fraction of sp³-hybridized carbons (Fsp3) is 0.333. The number of amides is 1. The zero-order chi connectivity index (χ0) is 25.2. The predicted octanol–water partition coefficient (Wildman–Crippen LogP) is 4.71. The van der Waals surface area contributed by atoms with Crippen molar-refractivity contribution in [3.05, 3.63) is 72.6 Å². The second-order valence-electron chi connectivity index (χ2n) is 9.41. The third kappa shape index (κ3) is 6.30. The average molecular weight is 494 g/mol. The highest BCUT2D eigenvalue weighted by atomic mass is 31.0. The Morgan fingerprint density at radius 1 is 1.29 bits per heavy atom. The van der Waals surface area contributed by atoms with Crippen LogP contribution in [0.5, 0.6) is 11.5 Å². The van der Waals surface area contributed by atoms with E-state index in [2.05, 4.69) is 26.2 Å².